The predicted molar refractivity (Wildman–Crippen MR) is 77.9 cm³/mol. The summed E-state index contributed by atoms with van der Waals surface area (Å²) in [6.07, 6.45) is 0.455. The second-order valence-electron chi connectivity index (χ2n) is 5.71. The van der Waals surface area contributed by atoms with Gasteiger partial charge in [-0.3, -0.25) is 4.79 Å². The number of nitrogens with one attached hydrogen (secondary N) is 1. The van der Waals surface area contributed by atoms with Crippen LogP contribution in [0.25, 0.3) is 0 Å². The van der Waals surface area contributed by atoms with Crippen LogP contribution in [0.2, 0.25) is 0 Å². The highest BCUT2D eigenvalue weighted by Gasteiger charge is 2.30. The van der Waals surface area contributed by atoms with Crippen molar-refractivity contribution in [3.63, 3.8) is 0 Å². The molecule has 1 aromatic carbocycles. The Morgan fingerprint density at radius 1 is 1.45 bits per heavy atom. The number of halogens is 1. The van der Waals surface area contributed by atoms with E-state index in [4.69, 9.17) is 0 Å². The lowest BCUT2D eigenvalue weighted by Crippen LogP contribution is -2.58. The molecule has 1 aliphatic heterocycles. The third-order valence-electron chi connectivity index (χ3n) is 4.22. The molecular weight excluding hydrogens is 255 g/mol. The van der Waals surface area contributed by atoms with Crippen molar-refractivity contribution in [2.24, 2.45) is 5.92 Å². The average molecular weight is 278 g/mol. The van der Waals surface area contributed by atoms with Gasteiger partial charge in [0.25, 0.3) is 0 Å². The number of benzene rings is 1. The van der Waals surface area contributed by atoms with Crippen LogP contribution in [0.1, 0.15) is 26.3 Å². The lowest BCUT2D eigenvalue weighted by molar-refractivity contribution is -0.138. The first kappa shape index (κ1) is 15.0. The highest BCUT2D eigenvalue weighted by molar-refractivity contribution is 5.79. The summed E-state index contributed by atoms with van der Waals surface area (Å²) in [5, 5.41) is 3.36. The summed E-state index contributed by atoms with van der Waals surface area (Å²) >= 11 is 0. The lowest BCUT2D eigenvalue weighted by atomic mass is 9.97. The number of hydrogen-bond donors (Lipinski definition) is 1. The minimum Gasteiger partial charge on any atom is -0.337 e. The van der Waals surface area contributed by atoms with E-state index in [0.717, 1.165) is 13.1 Å². The topological polar surface area (TPSA) is 32.3 Å². The lowest BCUT2D eigenvalue weighted by Gasteiger charge is -2.40. The summed E-state index contributed by atoms with van der Waals surface area (Å²) < 4.78 is 13.7. The summed E-state index contributed by atoms with van der Waals surface area (Å²) in [5.41, 5.74) is 0.615. The van der Waals surface area contributed by atoms with Crippen LogP contribution in [0.5, 0.6) is 0 Å². The first-order chi connectivity index (χ1) is 9.50. The van der Waals surface area contributed by atoms with Crippen LogP contribution < -0.4 is 5.32 Å². The van der Waals surface area contributed by atoms with Crippen molar-refractivity contribution in [1.29, 1.82) is 0 Å². The van der Waals surface area contributed by atoms with Gasteiger partial charge in [-0.15, -0.1) is 0 Å². The zero-order valence-electron chi connectivity index (χ0n) is 12.4. The molecule has 0 bridgehead atoms. The second kappa shape index (κ2) is 6.35. The molecule has 110 valence electrons. The van der Waals surface area contributed by atoms with Gasteiger partial charge in [0.15, 0.2) is 0 Å². The molecule has 1 N–H and O–H groups in total. The molecule has 1 saturated heterocycles. The van der Waals surface area contributed by atoms with Gasteiger partial charge in [0.2, 0.25) is 5.91 Å². The third kappa shape index (κ3) is 3.18. The van der Waals surface area contributed by atoms with Crippen LogP contribution in [-0.4, -0.2) is 36.0 Å². The van der Waals surface area contributed by atoms with E-state index in [1.54, 1.807) is 12.1 Å². The van der Waals surface area contributed by atoms with Gasteiger partial charge in [-0.2, -0.15) is 0 Å². The molecular formula is C16H23FN2O. The number of carbonyl (C=O) groups is 1. The molecule has 1 amide bonds. The van der Waals surface area contributed by atoms with Gasteiger partial charge in [0, 0.05) is 31.1 Å². The molecule has 0 radical (unpaired) electrons. The van der Waals surface area contributed by atoms with E-state index in [2.05, 4.69) is 19.2 Å². The SMILES string of the molecule is CC(Cc1ccccc1F)C(=O)N1CCNC(C)C1C. The van der Waals surface area contributed by atoms with E-state index in [1.165, 1.54) is 6.07 Å². The smallest absolute Gasteiger partial charge is 0.226 e. The Labute approximate surface area is 120 Å². The maximum Gasteiger partial charge on any atom is 0.226 e. The van der Waals surface area contributed by atoms with Gasteiger partial charge < -0.3 is 10.2 Å². The molecule has 3 unspecified atom stereocenters. The molecule has 4 heteroatoms. The number of hydrogen-bond acceptors (Lipinski definition) is 2. The van der Waals surface area contributed by atoms with Crippen molar-refractivity contribution < 1.29 is 9.18 Å². The van der Waals surface area contributed by atoms with E-state index in [1.807, 2.05) is 17.9 Å². The van der Waals surface area contributed by atoms with Gasteiger partial charge in [-0.05, 0) is 31.9 Å². The first-order valence-electron chi connectivity index (χ1n) is 7.28. The number of carbonyl (C=O) groups excluding carboxylic acids is 1. The molecule has 3 atom stereocenters. The standard InChI is InChI=1S/C16H23FN2O/c1-11(10-14-6-4-5-7-15(14)17)16(20)19-9-8-18-12(2)13(19)3/h4-7,11-13,18H,8-10H2,1-3H3. The Balaban J connectivity index is 2.03. The predicted octanol–water partition coefficient (Wildman–Crippen LogP) is 2.21. The summed E-state index contributed by atoms with van der Waals surface area (Å²) in [6.45, 7) is 7.58. The van der Waals surface area contributed by atoms with Crippen molar-refractivity contribution in [3.8, 4) is 0 Å². The number of piperazine rings is 1. The second-order valence-corrected chi connectivity index (χ2v) is 5.71. The average Bonchev–Trinajstić information content (AvgIpc) is 2.43. The fourth-order valence-corrected chi connectivity index (χ4v) is 2.73. The van der Waals surface area contributed by atoms with Gasteiger partial charge >= 0.3 is 0 Å². The van der Waals surface area contributed by atoms with Crippen LogP contribution in [0.15, 0.2) is 24.3 Å². The van der Waals surface area contributed by atoms with E-state index in [9.17, 15) is 9.18 Å². The molecule has 3 nitrogen and oxygen atoms in total. The Kier molecular flexibility index (Phi) is 4.76. The van der Waals surface area contributed by atoms with Crippen molar-refractivity contribution in [1.82, 2.24) is 10.2 Å². The zero-order chi connectivity index (χ0) is 14.7. The summed E-state index contributed by atoms with van der Waals surface area (Å²) in [6, 6.07) is 7.16. The first-order valence-corrected chi connectivity index (χ1v) is 7.28. The van der Waals surface area contributed by atoms with E-state index in [0.29, 0.717) is 18.0 Å². The monoisotopic (exact) mass is 278 g/mol. The van der Waals surface area contributed by atoms with Gasteiger partial charge in [0.05, 0.1) is 0 Å². The molecule has 1 aliphatic rings. The minimum atomic E-state index is -0.228. The van der Waals surface area contributed by atoms with Crippen LogP contribution >= 0.6 is 0 Å². The molecule has 1 heterocycles. The Hall–Kier alpha value is -1.42. The quantitative estimate of drug-likeness (QED) is 0.919. The fraction of sp³-hybridized carbons (Fsp3) is 0.562. The van der Waals surface area contributed by atoms with Crippen molar-refractivity contribution in [2.75, 3.05) is 13.1 Å². The van der Waals surface area contributed by atoms with E-state index >= 15 is 0 Å². The Bertz CT molecular complexity index is 477. The van der Waals surface area contributed by atoms with Crippen LogP contribution in [-0.2, 0) is 11.2 Å². The summed E-state index contributed by atoms with van der Waals surface area (Å²) in [7, 11) is 0. The molecule has 0 saturated carbocycles. The van der Waals surface area contributed by atoms with Gasteiger partial charge in [-0.1, -0.05) is 25.1 Å². The molecule has 2 rings (SSSR count). The third-order valence-corrected chi connectivity index (χ3v) is 4.22. The molecule has 0 spiro atoms. The van der Waals surface area contributed by atoms with Gasteiger partial charge in [0.1, 0.15) is 5.82 Å². The number of amides is 1. The Morgan fingerprint density at radius 3 is 2.85 bits per heavy atom. The maximum absolute atomic E-state index is 13.7. The maximum atomic E-state index is 13.7. The van der Waals surface area contributed by atoms with Crippen LogP contribution in [0, 0.1) is 11.7 Å². The van der Waals surface area contributed by atoms with Crippen molar-refractivity contribution in [3.05, 3.63) is 35.6 Å². The van der Waals surface area contributed by atoms with Crippen molar-refractivity contribution >= 4 is 5.91 Å². The molecule has 1 fully saturated rings. The van der Waals surface area contributed by atoms with Gasteiger partial charge in [-0.25, -0.2) is 4.39 Å². The van der Waals surface area contributed by atoms with E-state index < -0.39 is 0 Å². The molecule has 1 aromatic rings. The van der Waals surface area contributed by atoms with Crippen LogP contribution in [0.3, 0.4) is 0 Å². The molecule has 0 aromatic heterocycles. The highest BCUT2D eigenvalue weighted by atomic mass is 19.1. The minimum absolute atomic E-state index is 0.120. The summed E-state index contributed by atoms with van der Waals surface area (Å²) in [4.78, 5) is 14.5. The molecule has 0 aliphatic carbocycles. The zero-order valence-corrected chi connectivity index (χ0v) is 12.4. The fourth-order valence-electron chi connectivity index (χ4n) is 2.73. The number of nitrogens with zero attached hydrogens (tertiary/aromatic N) is 1. The number of rotatable bonds is 3. The largest absolute Gasteiger partial charge is 0.337 e. The Morgan fingerprint density at radius 2 is 2.15 bits per heavy atom. The van der Waals surface area contributed by atoms with Crippen molar-refractivity contribution in [2.45, 2.75) is 39.3 Å². The molecule has 20 heavy (non-hydrogen) atoms. The highest BCUT2D eigenvalue weighted by Crippen LogP contribution is 2.18. The summed E-state index contributed by atoms with van der Waals surface area (Å²) in [5.74, 6) is -0.303. The van der Waals surface area contributed by atoms with E-state index in [-0.39, 0.29) is 23.7 Å². The normalized spacial score (nSPS) is 24.5. The van der Waals surface area contributed by atoms with Crippen LogP contribution in [0.4, 0.5) is 4.39 Å².